The molecule has 1 aromatic heterocycles. The van der Waals surface area contributed by atoms with Gasteiger partial charge in [-0.15, -0.1) is 0 Å². The third-order valence-corrected chi connectivity index (χ3v) is 5.25. The number of nitrogens with two attached hydrogens (primary N) is 1. The summed E-state index contributed by atoms with van der Waals surface area (Å²) in [6.07, 6.45) is 1.12. The van der Waals surface area contributed by atoms with Crippen molar-refractivity contribution < 1.29 is 22.8 Å². The predicted octanol–water partition coefficient (Wildman–Crippen LogP) is 3.34. The maximum atomic E-state index is 11.7. The van der Waals surface area contributed by atoms with Crippen molar-refractivity contribution in [2.45, 2.75) is 11.4 Å². The molecule has 3 N–H and O–H groups in total. The largest absolute Gasteiger partial charge is 0.438 e. The topological polar surface area (TPSA) is 127 Å². The van der Waals surface area contributed by atoms with E-state index in [1.807, 2.05) is 0 Å². The van der Waals surface area contributed by atoms with E-state index in [2.05, 4.69) is 4.98 Å². The molecule has 0 unspecified atom stereocenters. The van der Waals surface area contributed by atoms with Gasteiger partial charge in [0.25, 0.3) is 0 Å². The van der Waals surface area contributed by atoms with Crippen LogP contribution in [-0.4, -0.2) is 36.0 Å². The Morgan fingerprint density at radius 1 is 1.14 bits per heavy atom. The molecule has 0 atom stereocenters. The molecule has 8 nitrogen and oxygen atoms in total. The number of sulfone groups is 1. The fourth-order valence-electron chi connectivity index (χ4n) is 2.49. The third kappa shape index (κ3) is 4.33. The van der Waals surface area contributed by atoms with Crippen molar-refractivity contribution in [2.24, 2.45) is 5.73 Å². The van der Waals surface area contributed by atoms with Gasteiger partial charge in [-0.05, 0) is 36.4 Å². The van der Waals surface area contributed by atoms with Crippen LogP contribution in [0.5, 0.6) is 0 Å². The number of rotatable bonds is 5. The van der Waals surface area contributed by atoms with Crippen molar-refractivity contribution in [3.63, 3.8) is 0 Å². The summed E-state index contributed by atoms with van der Waals surface area (Å²) in [5.74, 6) is 0.392. The number of nitrogens with zero attached hydrogens (tertiary/aromatic N) is 2. The Balaban J connectivity index is 2.08. The minimum absolute atomic E-state index is 0.0495. The molecule has 2 aromatic carbocycles. The Bertz CT molecular complexity index is 1110. The molecule has 1 heterocycles. The van der Waals surface area contributed by atoms with E-state index in [1.54, 1.807) is 36.4 Å². The maximum Gasteiger partial charge on any atom is 0.339 e. The summed E-state index contributed by atoms with van der Waals surface area (Å²) in [7, 11) is -3.34. The van der Waals surface area contributed by atoms with Crippen LogP contribution in [0.15, 0.2) is 57.8 Å². The van der Waals surface area contributed by atoms with Crippen molar-refractivity contribution in [1.82, 2.24) is 10.0 Å². The summed E-state index contributed by atoms with van der Waals surface area (Å²) in [6, 6.07) is 11.9. The van der Waals surface area contributed by atoms with E-state index in [1.165, 1.54) is 12.1 Å². The highest BCUT2D eigenvalue weighted by Crippen LogP contribution is 2.34. The van der Waals surface area contributed by atoms with Crippen molar-refractivity contribution in [2.75, 3.05) is 6.26 Å². The molecule has 0 aliphatic rings. The molecular formula is C18H16ClN3O5S. The number of amides is 2. The highest BCUT2D eigenvalue weighted by atomic mass is 35.5. The van der Waals surface area contributed by atoms with E-state index in [0.717, 1.165) is 6.26 Å². The molecule has 0 aliphatic carbocycles. The van der Waals surface area contributed by atoms with Gasteiger partial charge in [0.05, 0.1) is 4.90 Å². The SMILES string of the molecule is CS(=O)(=O)c1ccc(-c2oc(CN(O)C(N)=O)nc2-c2ccc(Cl)cc2)cc1. The first-order valence-corrected chi connectivity index (χ1v) is 10.2. The van der Waals surface area contributed by atoms with E-state index < -0.39 is 15.9 Å². The van der Waals surface area contributed by atoms with E-state index in [-0.39, 0.29) is 22.4 Å². The van der Waals surface area contributed by atoms with Gasteiger partial charge >= 0.3 is 6.03 Å². The molecule has 0 spiro atoms. The molecule has 0 saturated carbocycles. The number of aromatic nitrogens is 1. The van der Waals surface area contributed by atoms with Crippen LogP contribution < -0.4 is 5.73 Å². The number of benzene rings is 2. The molecule has 0 saturated heterocycles. The highest BCUT2D eigenvalue weighted by Gasteiger charge is 2.20. The van der Waals surface area contributed by atoms with Crippen molar-refractivity contribution in [3.05, 3.63) is 59.4 Å². The number of hydrogen-bond donors (Lipinski definition) is 2. The standard InChI is InChI=1S/C18H16ClN3O5S/c1-28(25,26)14-8-4-12(5-9-14)17-16(11-2-6-13(19)7-3-11)21-15(27-17)10-22(24)18(20)23/h2-9,24H,10H2,1H3,(H2,20,23). The van der Waals surface area contributed by atoms with Gasteiger partial charge in [0, 0.05) is 22.4 Å². The first-order valence-electron chi connectivity index (χ1n) is 7.97. The first kappa shape index (κ1) is 19.9. The number of carbonyl (C=O) groups is 1. The number of hydroxylamine groups is 2. The average Bonchev–Trinajstić information content (AvgIpc) is 3.05. The summed E-state index contributed by atoms with van der Waals surface area (Å²) >= 11 is 5.93. The van der Waals surface area contributed by atoms with Crippen LogP contribution in [0.3, 0.4) is 0 Å². The van der Waals surface area contributed by atoms with Crippen LogP contribution in [0.4, 0.5) is 4.79 Å². The highest BCUT2D eigenvalue weighted by molar-refractivity contribution is 7.90. The Hall–Kier alpha value is -2.88. The fourth-order valence-corrected chi connectivity index (χ4v) is 3.25. The number of urea groups is 1. The zero-order valence-corrected chi connectivity index (χ0v) is 16.2. The number of halogens is 1. The molecule has 146 valence electrons. The molecule has 0 fully saturated rings. The van der Waals surface area contributed by atoms with Crippen LogP contribution in [0.1, 0.15) is 5.89 Å². The molecule has 2 amide bonds. The van der Waals surface area contributed by atoms with Gasteiger partial charge in [0.15, 0.2) is 15.6 Å². The fraction of sp³-hybridized carbons (Fsp3) is 0.111. The predicted molar refractivity (Wildman–Crippen MR) is 102 cm³/mol. The molecular weight excluding hydrogens is 406 g/mol. The lowest BCUT2D eigenvalue weighted by molar-refractivity contribution is -0.0523. The van der Waals surface area contributed by atoms with Crippen LogP contribution >= 0.6 is 11.6 Å². The second-order valence-electron chi connectivity index (χ2n) is 5.98. The quantitative estimate of drug-likeness (QED) is 0.480. The number of primary amides is 1. The summed E-state index contributed by atoms with van der Waals surface area (Å²) in [5.41, 5.74) is 6.72. The molecule has 0 radical (unpaired) electrons. The van der Waals surface area contributed by atoms with Crippen LogP contribution in [0.25, 0.3) is 22.6 Å². The lowest BCUT2D eigenvalue weighted by Gasteiger charge is -2.08. The van der Waals surface area contributed by atoms with Gasteiger partial charge in [-0.3, -0.25) is 5.21 Å². The number of hydrogen-bond acceptors (Lipinski definition) is 6. The smallest absolute Gasteiger partial charge is 0.339 e. The normalized spacial score (nSPS) is 11.4. The first-order chi connectivity index (χ1) is 13.1. The monoisotopic (exact) mass is 421 g/mol. The van der Waals surface area contributed by atoms with Gasteiger partial charge in [0.1, 0.15) is 12.2 Å². The summed E-state index contributed by atoms with van der Waals surface area (Å²) in [4.78, 5) is 15.6. The van der Waals surface area contributed by atoms with Gasteiger partial charge in [-0.25, -0.2) is 18.2 Å². The van der Waals surface area contributed by atoms with Crippen LogP contribution in [0, 0.1) is 0 Å². The summed E-state index contributed by atoms with van der Waals surface area (Å²) in [6.45, 7) is -0.350. The second-order valence-corrected chi connectivity index (χ2v) is 8.44. The number of carbonyl (C=O) groups excluding carboxylic acids is 1. The van der Waals surface area contributed by atoms with Crippen molar-refractivity contribution in [3.8, 4) is 22.6 Å². The summed E-state index contributed by atoms with van der Waals surface area (Å²) in [5, 5.41) is 10.4. The van der Waals surface area contributed by atoms with Gasteiger partial charge in [-0.2, -0.15) is 5.06 Å². The van der Waals surface area contributed by atoms with Crippen LogP contribution in [0.2, 0.25) is 5.02 Å². The van der Waals surface area contributed by atoms with E-state index in [4.69, 9.17) is 21.8 Å². The molecule has 3 aromatic rings. The molecule has 28 heavy (non-hydrogen) atoms. The second kappa shape index (κ2) is 7.63. The minimum atomic E-state index is -3.34. The molecule has 0 bridgehead atoms. The zero-order chi connectivity index (χ0) is 20.5. The Kier molecular flexibility index (Phi) is 5.41. The minimum Gasteiger partial charge on any atom is -0.438 e. The Morgan fingerprint density at radius 3 is 2.25 bits per heavy atom. The Labute approximate surface area is 166 Å². The molecule has 0 aliphatic heterocycles. The average molecular weight is 422 g/mol. The van der Waals surface area contributed by atoms with E-state index in [0.29, 0.717) is 27.6 Å². The van der Waals surface area contributed by atoms with Gasteiger partial charge in [-0.1, -0.05) is 23.7 Å². The van der Waals surface area contributed by atoms with E-state index in [9.17, 15) is 18.4 Å². The maximum absolute atomic E-state index is 11.7. The molecule has 10 heteroatoms. The number of oxazole rings is 1. The third-order valence-electron chi connectivity index (χ3n) is 3.87. The van der Waals surface area contributed by atoms with Gasteiger partial charge in [0.2, 0.25) is 5.89 Å². The molecule has 3 rings (SSSR count). The summed E-state index contributed by atoms with van der Waals surface area (Å²) < 4.78 is 29.1. The Morgan fingerprint density at radius 2 is 1.71 bits per heavy atom. The van der Waals surface area contributed by atoms with Gasteiger partial charge < -0.3 is 10.2 Å². The lowest BCUT2D eigenvalue weighted by atomic mass is 10.1. The van der Waals surface area contributed by atoms with Crippen molar-refractivity contribution in [1.29, 1.82) is 0 Å². The van der Waals surface area contributed by atoms with Crippen LogP contribution in [-0.2, 0) is 16.4 Å². The lowest BCUT2D eigenvalue weighted by Crippen LogP contribution is -2.32. The van der Waals surface area contributed by atoms with E-state index >= 15 is 0 Å². The zero-order valence-electron chi connectivity index (χ0n) is 14.7. The van der Waals surface area contributed by atoms with Crippen molar-refractivity contribution >= 4 is 27.5 Å².